The van der Waals surface area contributed by atoms with Crippen molar-refractivity contribution < 1.29 is 0 Å². The molecule has 152 valence electrons. The van der Waals surface area contributed by atoms with E-state index in [9.17, 15) is 19.2 Å². The van der Waals surface area contributed by atoms with Crippen molar-refractivity contribution in [2.45, 2.75) is 24.2 Å². The van der Waals surface area contributed by atoms with Gasteiger partial charge in [-0.25, -0.2) is 47.0 Å². The van der Waals surface area contributed by atoms with Crippen LogP contribution in [0.4, 0.5) is 0 Å². The predicted molar refractivity (Wildman–Crippen MR) is 105 cm³/mol. The molecule has 0 radical (unpaired) electrons. The van der Waals surface area contributed by atoms with Gasteiger partial charge in [-0.3, -0.25) is 0 Å². The molecule has 10 nitrogen and oxygen atoms in total. The zero-order valence-corrected chi connectivity index (χ0v) is 16.2. The number of nitrogens with zero attached hydrogens (tertiary/aromatic N) is 6. The van der Waals surface area contributed by atoms with E-state index in [1.165, 1.54) is 32.8 Å². The summed E-state index contributed by atoms with van der Waals surface area (Å²) in [7, 11) is 2.96. The minimum Gasteiger partial charge on any atom is -0.246 e. The summed E-state index contributed by atoms with van der Waals surface area (Å²) in [5.74, 6) is 0. The monoisotopic (exact) mass is 406 g/mol. The van der Waals surface area contributed by atoms with Crippen LogP contribution in [0.5, 0.6) is 0 Å². The summed E-state index contributed by atoms with van der Waals surface area (Å²) >= 11 is 0. The quantitative estimate of drug-likeness (QED) is 0.532. The van der Waals surface area contributed by atoms with E-state index in [0.29, 0.717) is 0 Å². The molecular formula is C20H18N6O4. The van der Waals surface area contributed by atoms with E-state index >= 15 is 0 Å². The lowest BCUT2D eigenvalue weighted by atomic mass is 9.43. The minimum absolute atomic E-state index is 0.381. The van der Waals surface area contributed by atoms with Gasteiger partial charge in [-0.1, -0.05) is 48.6 Å². The molecule has 0 fully saturated rings. The van der Waals surface area contributed by atoms with Crippen molar-refractivity contribution in [1.82, 2.24) is 27.9 Å². The van der Waals surface area contributed by atoms with Crippen LogP contribution < -0.4 is 22.8 Å². The number of hydrogen-bond donors (Lipinski definition) is 0. The summed E-state index contributed by atoms with van der Waals surface area (Å²) < 4.78 is 8.36. The molecule has 7 aliphatic rings. The van der Waals surface area contributed by atoms with Crippen LogP contribution in [0.1, 0.15) is 24.2 Å². The van der Waals surface area contributed by atoms with Crippen LogP contribution in [0.3, 0.4) is 0 Å². The second-order valence-corrected chi connectivity index (χ2v) is 8.76. The third kappa shape index (κ3) is 1.23. The maximum absolute atomic E-state index is 13.0. The van der Waals surface area contributed by atoms with Gasteiger partial charge in [0.15, 0.2) is 0 Å². The lowest BCUT2D eigenvalue weighted by Gasteiger charge is -2.68. The van der Waals surface area contributed by atoms with Crippen LogP contribution in [0.15, 0.2) is 67.8 Å². The average molecular weight is 406 g/mol. The molecule has 6 heterocycles. The number of aromatic nitrogens is 6. The normalized spacial score (nSPS) is 37.9. The van der Waals surface area contributed by atoms with Crippen LogP contribution >= 0.6 is 0 Å². The summed E-state index contributed by atoms with van der Waals surface area (Å²) in [5, 5.41) is 0. The van der Waals surface area contributed by atoms with Crippen LogP contribution in [-0.4, -0.2) is 27.9 Å². The molecule has 3 aliphatic carbocycles. The van der Waals surface area contributed by atoms with E-state index in [2.05, 4.69) is 12.2 Å². The van der Waals surface area contributed by atoms with Gasteiger partial charge in [0, 0.05) is 14.1 Å². The first kappa shape index (κ1) is 16.3. The molecule has 10 heteroatoms. The SMILES string of the molecule is Cn1c(=O)n2n(c1=O)[C@H]1C=C[C@H]2C23C=CC=CC12[C@H]1C=C[C@H]3n2c(=O)n(C)c(=O)n21. The summed E-state index contributed by atoms with van der Waals surface area (Å²) in [5.41, 5.74) is -2.92. The van der Waals surface area contributed by atoms with Gasteiger partial charge in [0.2, 0.25) is 0 Å². The highest BCUT2D eigenvalue weighted by molar-refractivity contribution is 5.46. The second kappa shape index (κ2) is 4.45. The van der Waals surface area contributed by atoms with Crippen LogP contribution in [-0.2, 0) is 14.1 Å². The van der Waals surface area contributed by atoms with Gasteiger partial charge in [0.05, 0.1) is 35.0 Å². The molecule has 0 saturated heterocycles. The first-order chi connectivity index (χ1) is 14.4. The Kier molecular flexibility index (Phi) is 2.41. The molecule has 0 amide bonds. The Morgan fingerprint density at radius 3 is 1.10 bits per heavy atom. The van der Waals surface area contributed by atoms with Crippen molar-refractivity contribution in [2.24, 2.45) is 24.9 Å². The largest absolute Gasteiger partial charge is 0.347 e. The number of rotatable bonds is 0. The van der Waals surface area contributed by atoms with Crippen LogP contribution in [0, 0.1) is 10.8 Å². The smallest absolute Gasteiger partial charge is 0.246 e. The van der Waals surface area contributed by atoms with Crippen molar-refractivity contribution in [3.63, 3.8) is 0 Å². The van der Waals surface area contributed by atoms with Crippen molar-refractivity contribution in [3.8, 4) is 0 Å². The second-order valence-electron chi connectivity index (χ2n) is 8.76. The molecule has 4 aliphatic heterocycles. The van der Waals surface area contributed by atoms with Gasteiger partial charge in [0.1, 0.15) is 0 Å². The highest BCUT2D eigenvalue weighted by Gasteiger charge is 2.74. The topological polar surface area (TPSA) is 97.9 Å². The molecular weight excluding hydrogens is 388 g/mol. The summed E-state index contributed by atoms with van der Waals surface area (Å²) in [4.78, 5) is 52.1. The van der Waals surface area contributed by atoms with E-state index in [4.69, 9.17) is 0 Å². The maximum Gasteiger partial charge on any atom is 0.347 e. The Morgan fingerprint density at radius 1 is 0.567 bits per heavy atom. The summed E-state index contributed by atoms with van der Waals surface area (Å²) in [6.07, 6.45) is 15.9. The highest BCUT2D eigenvalue weighted by atomic mass is 16.2. The molecule has 0 N–H and O–H groups in total. The highest BCUT2D eigenvalue weighted by Crippen LogP contribution is 2.74. The maximum atomic E-state index is 13.0. The van der Waals surface area contributed by atoms with Crippen molar-refractivity contribution in [2.75, 3.05) is 0 Å². The fourth-order valence-electron chi connectivity index (χ4n) is 6.84. The predicted octanol–water partition coefficient (Wildman–Crippen LogP) is -0.859. The zero-order chi connectivity index (χ0) is 20.7. The van der Waals surface area contributed by atoms with Crippen LogP contribution in [0.25, 0.3) is 0 Å². The fraction of sp³-hybridized carbons (Fsp3) is 0.400. The third-order valence-electron chi connectivity index (χ3n) is 7.96. The number of allylic oxidation sites excluding steroid dienone is 8. The van der Waals surface area contributed by atoms with Gasteiger partial charge < -0.3 is 0 Å². The minimum atomic E-state index is -0.699. The molecule has 0 saturated carbocycles. The van der Waals surface area contributed by atoms with Gasteiger partial charge in [-0.05, 0) is 0 Å². The summed E-state index contributed by atoms with van der Waals surface area (Å²) in [6, 6.07) is -1.89. The molecule has 0 aromatic carbocycles. The lowest BCUT2D eigenvalue weighted by Crippen LogP contribution is -2.71. The van der Waals surface area contributed by atoms with Gasteiger partial charge >= 0.3 is 22.8 Å². The number of hydrogen-bond acceptors (Lipinski definition) is 4. The molecule has 2 aromatic heterocycles. The van der Waals surface area contributed by atoms with E-state index < -0.39 is 35.0 Å². The molecule has 6 atom stereocenters. The van der Waals surface area contributed by atoms with Crippen molar-refractivity contribution in [3.05, 3.63) is 90.5 Å². The average Bonchev–Trinajstić information content (AvgIpc) is 3.15. The van der Waals surface area contributed by atoms with E-state index in [1.807, 2.05) is 36.5 Å². The Labute approximate surface area is 168 Å². The molecule has 0 spiro atoms. The van der Waals surface area contributed by atoms with Gasteiger partial charge in [0.25, 0.3) is 0 Å². The fourth-order valence-corrected chi connectivity index (χ4v) is 6.84. The molecule has 30 heavy (non-hydrogen) atoms. The van der Waals surface area contributed by atoms with Crippen molar-refractivity contribution >= 4 is 0 Å². The first-order valence-corrected chi connectivity index (χ1v) is 9.91. The van der Waals surface area contributed by atoms with E-state index in [-0.39, 0.29) is 22.8 Å². The molecule has 9 rings (SSSR count). The standard InChI is InChI=1S/C20H18N6O4/c1-21-15(27)23-11-5-6-12(24(23)16(21)28)20-10-4-3-9-19(11,20)13-7-8-14(20)26-18(30)22(2)17(29)25(13)26/h3-14H,1-2H3/t11-,12-,13+,14+,19?,20?. The Hall–Kier alpha value is -3.56. The third-order valence-corrected chi connectivity index (χ3v) is 7.96. The van der Waals surface area contributed by atoms with Gasteiger partial charge in [-0.2, -0.15) is 0 Å². The Morgan fingerprint density at radius 2 is 0.833 bits per heavy atom. The Balaban J connectivity index is 1.70. The van der Waals surface area contributed by atoms with Crippen LogP contribution in [0.2, 0.25) is 0 Å². The molecule has 4 bridgehead atoms. The summed E-state index contributed by atoms with van der Waals surface area (Å²) in [6.45, 7) is 0. The van der Waals surface area contributed by atoms with Crippen molar-refractivity contribution in [1.29, 1.82) is 0 Å². The first-order valence-electron chi connectivity index (χ1n) is 9.91. The Bertz CT molecular complexity index is 1340. The zero-order valence-electron chi connectivity index (χ0n) is 16.2. The molecule has 2 unspecified atom stereocenters. The van der Waals surface area contributed by atoms with E-state index in [0.717, 1.165) is 9.13 Å². The molecule has 2 aromatic rings. The van der Waals surface area contributed by atoms with E-state index in [1.54, 1.807) is 0 Å². The van der Waals surface area contributed by atoms with Gasteiger partial charge in [-0.15, -0.1) is 0 Å². The lowest BCUT2D eigenvalue weighted by molar-refractivity contribution is -0.118.